The number of alkyl halides is 12. The van der Waals surface area contributed by atoms with Crippen LogP contribution >= 0.6 is 11.3 Å². The second-order valence-corrected chi connectivity index (χ2v) is 19.5. The van der Waals surface area contributed by atoms with Gasteiger partial charge in [-0.2, -0.15) is 57.9 Å². The zero-order valence-electron chi connectivity index (χ0n) is 38.4. The summed E-state index contributed by atoms with van der Waals surface area (Å²) < 4.78 is 182. The second kappa shape index (κ2) is 16.1. The van der Waals surface area contributed by atoms with Gasteiger partial charge in [-0.15, -0.1) is 11.3 Å². The van der Waals surface area contributed by atoms with Crippen molar-refractivity contribution in [1.82, 2.24) is 13.7 Å². The highest BCUT2D eigenvalue weighted by molar-refractivity contribution is 7.25. The van der Waals surface area contributed by atoms with Gasteiger partial charge in [-0.1, -0.05) is 66.7 Å². The fraction of sp³-hybridized carbons (Fsp3) is 0.0678. The average molecular weight is 1050 g/mol. The summed E-state index contributed by atoms with van der Waals surface area (Å²) in [6.07, 6.45) is -19.8. The van der Waals surface area contributed by atoms with Crippen LogP contribution in [0.3, 0.4) is 0 Å². The van der Waals surface area contributed by atoms with Crippen LogP contribution in [-0.2, 0) is 24.7 Å². The Kier molecular flexibility index (Phi) is 9.97. The van der Waals surface area contributed by atoms with Gasteiger partial charge < -0.3 is 13.7 Å². The molecule has 0 aliphatic carbocycles. The average Bonchev–Trinajstić information content (AvgIpc) is 4.20. The van der Waals surface area contributed by atoms with E-state index in [4.69, 9.17) is 0 Å². The van der Waals surface area contributed by atoms with Crippen LogP contribution in [0.1, 0.15) is 27.8 Å². The zero-order valence-corrected chi connectivity index (χ0v) is 39.2. The van der Waals surface area contributed by atoms with Crippen LogP contribution < -0.4 is 0 Å². The molecule has 374 valence electrons. The van der Waals surface area contributed by atoms with E-state index in [1.807, 2.05) is 59.2 Å². The normalized spacial score (nSPS) is 13.0. The molecule has 0 spiro atoms. The van der Waals surface area contributed by atoms with Crippen molar-refractivity contribution in [1.29, 1.82) is 5.26 Å². The van der Waals surface area contributed by atoms with Crippen molar-refractivity contribution in [2.24, 2.45) is 0 Å². The maximum Gasteiger partial charge on any atom is 0.416 e. The highest BCUT2D eigenvalue weighted by Gasteiger charge is 2.37. The lowest BCUT2D eigenvalue weighted by atomic mass is 9.95. The van der Waals surface area contributed by atoms with Gasteiger partial charge in [0.25, 0.3) is 0 Å². The van der Waals surface area contributed by atoms with E-state index in [2.05, 4.69) is 6.07 Å². The molecule has 0 aliphatic heterocycles. The maximum atomic E-state index is 14.7. The number of rotatable bonds is 4. The molecule has 4 aromatic heterocycles. The lowest BCUT2D eigenvalue weighted by molar-refractivity contribution is -0.138. The van der Waals surface area contributed by atoms with E-state index in [0.29, 0.717) is 22.0 Å². The summed E-state index contributed by atoms with van der Waals surface area (Å²) in [6, 6.07) is 41.8. The van der Waals surface area contributed by atoms with Gasteiger partial charge in [-0.25, -0.2) is 0 Å². The van der Waals surface area contributed by atoms with E-state index in [1.165, 1.54) is 26.5 Å². The number of thiophene rings is 1. The number of halogens is 12. The predicted molar refractivity (Wildman–Crippen MR) is 273 cm³/mol. The van der Waals surface area contributed by atoms with Crippen LogP contribution in [-0.4, -0.2) is 13.7 Å². The Morgan fingerprint density at radius 2 is 0.763 bits per heavy atom. The van der Waals surface area contributed by atoms with Crippen LogP contribution in [0.4, 0.5) is 52.7 Å². The number of hydrogen-bond acceptors (Lipinski definition) is 2. The molecule has 0 saturated carbocycles. The molecule has 0 radical (unpaired) electrons. The second-order valence-electron chi connectivity index (χ2n) is 18.4. The molecule has 0 bridgehead atoms. The highest BCUT2D eigenvalue weighted by atomic mass is 32.1. The van der Waals surface area contributed by atoms with Crippen molar-refractivity contribution in [2.75, 3.05) is 0 Å². The first-order chi connectivity index (χ1) is 36.2. The van der Waals surface area contributed by atoms with Crippen LogP contribution in [0.25, 0.3) is 114 Å². The summed E-state index contributed by atoms with van der Waals surface area (Å²) in [4.78, 5) is 0. The maximum absolute atomic E-state index is 14.7. The fourth-order valence-electron chi connectivity index (χ4n) is 10.9. The molecule has 0 fully saturated rings. The molecule has 4 nitrogen and oxygen atoms in total. The minimum absolute atomic E-state index is 0.0158. The number of hydrogen-bond donors (Lipinski definition) is 0. The predicted octanol–water partition coefficient (Wildman–Crippen LogP) is 19.0. The molecule has 13 rings (SSSR count). The molecule has 0 amide bonds. The molecular formula is C59H28F12N4S. The van der Waals surface area contributed by atoms with Gasteiger partial charge in [0.05, 0.1) is 78.0 Å². The van der Waals surface area contributed by atoms with Crippen LogP contribution in [0, 0.1) is 11.3 Å². The van der Waals surface area contributed by atoms with Crippen molar-refractivity contribution in [3.05, 3.63) is 198 Å². The van der Waals surface area contributed by atoms with Gasteiger partial charge in [0.15, 0.2) is 0 Å². The topological polar surface area (TPSA) is 38.6 Å². The summed E-state index contributed by atoms with van der Waals surface area (Å²) in [5.74, 6) is 0. The van der Waals surface area contributed by atoms with Gasteiger partial charge >= 0.3 is 24.7 Å². The third-order valence-corrected chi connectivity index (χ3v) is 15.3. The van der Waals surface area contributed by atoms with Crippen molar-refractivity contribution < 1.29 is 52.7 Å². The fourth-order valence-corrected chi connectivity index (χ4v) is 12.0. The van der Waals surface area contributed by atoms with Crippen LogP contribution in [0.5, 0.6) is 0 Å². The summed E-state index contributed by atoms with van der Waals surface area (Å²) in [5, 5.41) is 14.1. The highest BCUT2D eigenvalue weighted by Crippen LogP contribution is 2.50. The SMILES string of the molecule is N#Cc1cc(-n2c3ccc(C(F)(F)F)cc3c3cc(C(F)(F)F)ccc32)c(-c2ccccc2)c(-n2c3ccc(C(F)(F)F)cc3c3cc(C(F)(F)F)ccc32)c1-n1c2ccccc2c2cc3c(cc21)sc1ccccc13. The van der Waals surface area contributed by atoms with Gasteiger partial charge in [0.1, 0.15) is 6.07 Å². The number of benzene rings is 9. The largest absolute Gasteiger partial charge is 0.416 e. The van der Waals surface area contributed by atoms with E-state index in [0.717, 1.165) is 98.4 Å². The molecule has 0 unspecified atom stereocenters. The van der Waals surface area contributed by atoms with E-state index in [9.17, 15) is 57.9 Å². The summed E-state index contributed by atoms with van der Waals surface area (Å²) in [6.45, 7) is 0. The van der Waals surface area contributed by atoms with E-state index < -0.39 is 47.0 Å². The zero-order chi connectivity index (χ0) is 53.0. The summed E-state index contributed by atoms with van der Waals surface area (Å²) >= 11 is 1.51. The first-order valence-electron chi connectivity index (χ1n) is 23.2. The number of nitrogens with zero attached hydrogens (tertiary/aromatic N) is 4. The van der Waals surface area contributed by atoms with Crippen molar-refractivity contribution in [3.63, 3.8) is 0 Å². The monoisotopic (exact) mass is 1050 g/mol. The molecule has 0 N–H and O–H groups in total. The first kappa shape index (κ1) is 47.0. The standard InChI is InChI=1S/C59H28F12N4S/c60-56(61,62)32-14-18-45-38(23-32)39-24-33(57(63,64)65)15-19-46(39)73(45)50-22-31(29-72)54(75-44-12-6-4-10-36(44)42-27-43-37-11-5-7-13-51(37)76-52(43)28-49(42)75)55(53(50)30-8-2-1-3-9-30)74-47-20-16-34(58(66,67)68)25-40(47)41-26-35(59(69,70)71)17-21-48(41)74/h1-28H. The third kappa shape index (κ3) is 7.07. The molecular weight excluding hydrogens is 1020 g/mol. The van der Waals surface area contributed by atoms with Gasteiger partial charge in [0.2, 0.25) is 0 Å². The third-order valence-electron chi connectivity index (χ3n) is 14.1. The Hall–Kier alpha value is -8.75. The Morgan fingerprint density at radius 3 is 1.26 bits per heavy atom. The van der Waals surface area contributed by atoms with Crippen LogP contribution in [0.15, 0.2) is 170 Å². The van der Waals surface area contributed by atoms with Crippen molar-refractivity contribution in [3.8, 4) is 34.3 Å². The summed E-state index contributed by atoms with van der Waals surface area (Å²) in [7, 11) is 0. The molecule has 0 atom stereocenters. The number of aromatic nitrogens is 3. The minimum atomic E-state index is -4.95. The van der Waals surface area contributed by atoms with Gasteiger partial charge in [-0.05, 0) is 109 Å². The molecule has 9 aromatic carbocycles. The molecule has 17 heteroatoms. The minimum Gasteiger partial charge on any atom is -0.308 e. The molecule has 0 aliphatic rings. The smallest absolute Gasteiger partial charge is 0.308 e. The van der Waals surface area contributed by atoms with Crippen molar-refractivity contribution in [2.45, 2.75) is 24.7 Å². The number of fused-ring (bicyclic) bond motifs is 12. The van der Waals surface area contributed by atoms with Crippen molar-refractivity contribution >= 4 is 96.9 Å². The molecule has 0 saturated heterocycles. The molecule has 76 heavy (non-hydrogen) atoms. The van der Waals surface area contributed by atoms with Gasteiger partial charge in [0, 0.05) is 58.1 Å². The number of para-hydroxylation sites is 1. The molecule has 4 heterocycles. The lowest BCUT2D eigenvalue weighted by Crippen LogP contribution is -2.12. The van der Waals surface area contributed by atoms with E-state index >= 15 is 0 Å². The Balaban J connectivity index is 1.29. The Labute approximate surface area is 423 Å². The van der Waals surface area contributed by atoms with Crippen LogP contribution in [0.2, 0.25) is 0 Å². The molecule has 13 aromatic rings. The number of nitriles is 1. The van der Waals surface area contributed by atoms with E-state index in [1.54, 1.807) is 36.4 Å². The first-order valence-corrected chi connectivity index (χ1v) is 24.0. The van der Waals surface area contributed by atoms with E-state index in [-0.39, 0.29) is 71.8 Å². The Bertz CT molecular complexity index is 4510. The van der Waals surface area contributed by atoms with Gasteiger partial charge in [-0.3, -0.25) is 0 Å². The summed E-state index contributed by atoms with van der Waals surface area (Å²) in [5.41, 5.74) is -3.10. The Morgan fingerprint density at radius 1 is 0.342 bits per heavy atom. The quantitative estimate of drug-likeness (QED) is 0.162. The lowest BCUT2D eigenvalue weighted by Gasteiger charge is -2.25.